The summed E-state index contributed by atoms with van der Waals surface area (Å²) >= 11 is 1.77. The van der Waals surface area contributed by atoms with Crippen molar-refractivity contribution in [3.63, 3.8) is 0 Å². The molecule has 0 N–H and O–H groups in total. The van der Waals surface area contributed by atoms with Crippen LogP contribution in [0.15, 0.2) is 35.2 Å². The van der Waals surface area contributed by atoms with Crippen molar-refractivity contribution < 1.29 is 14.3 Å². The van der Waals surface area contributed by atoms with E-state index in [1.165, 1.54) is 6.08 Å². The van der Waals surface area contributed by atoms with E-state index in [0.29, 0.717) is 11.8 Å². The Kier molecular flexibility index (Phi) is 6.24. The Morgan fingerprint density at radius 1 is 1.32 bits per heavy atom. The molecule has 0 aliphatic carbocycles. The lowest BCUT2D eigenvalue weighted by atomic mass is 10.2. The molecule has 0 fully saturated rings. The van der Waals surface area contributed by atoms with Gasteiger partial charge in [0.2, 0.25) is 0 Å². The van der Waals surface area contributed by atoms with Crippen molar-refractivity contribution in [3.05, 3.63) is 47.3 Å². The van der Waals surface area contributed by atoms with Gasteiger partial charge < -0.3 is 9.64 Å². The van der Waals surface area contributed by atoms with Crippen molar-refractivity contribution in [2.24, 2.45) is 7.05 Å². The van der Waals surface area contributed by atoms with Gasteiger partial charge in [-0.05, 0) is 38.5 Å². The van der Waals surface area contributed by atoms with Crippen LogP contribution in [0.25, 0.3) is 6.08 Å². The first-order valence-electron chi connectivity index (χ1n) is 9.28. The molecule has 0 spiro atoms. The summed E-state index contributed by atoms with van der Waals surface area (Å²) in [6.45, 7) is 6.32. The number of thioether (sulfide) groups is 1. The van der Waals surface area contributed by atoms with Crippen molar-refractivity contribution in [1.29, 1.82) is 0 Å². The fraction of sp³-hybridized carbons (Fsp3) is 0.381. The Bertz CT molecular complexity index is 920. The van der Waals surface area contributed by atoms with Crippen LogP contribution in [0.3, 0.4) is 0 Å². The first kappa shape index (κ1) is 20.2. The molecule has 1 aromatic heterocycles. The summed E-state index contributed by atoms with van der Waals surface area (Å²) in [6, 6.07) is 7.85. The molecule has 0 saturated heterocycles. The summed E-state index contributed by atoms with van der Waals surface area (Å²) < 4.78 is 6.96. The molecule has 2 heterocycles. The predicted molar refractivity (Wildman–Crippen MR) is 111 cm³/mol. The maximum absolute atomic E-state index is 12.7. The van der Waals surface area contributed by atoms with Crippen molar-refractivity contribution in [1.82, 2.24) is 9.78 Å². The summed E-state index contributed by atoms with van der Waals surface area (Å²) in [6.07, 6.45) is 3.92. The Labute approximate surface area is 169 Å². The maximum Gasteiger partial charge on any atom is 0.331 e. The molecule has 1 aliphatic heterocycles. The Hall–Kier alpha value is -2.54. The van der Waals surface area contributed by atoms with Gasteiger partial charge in [0.15, 0.2) is 6.61 Å². The minimum absolute atomic E-state index is 0.211. The number of nitrogens with zero attached hydrogens (tertiary/aromatic N) is 3. The van der Waals surface area contributed by atoms with E-state index in [1.807, 2.05) is 45.2 Å². The van der Waals surface area contributed by atoms with Gasteiger partial charge in [0.25, 0.3) is 5.91 Å². The van der Waals surface area contributed by atoms with Crippen LogP contribution < -0.4 is 4.90 Å². The van der Waals surface area contributed by atoms with Gasteiger partial charge in [-0.3, -0.25) is 9.48 Å². The fourth-order valence-corrected chi connectivity index (χ4v) is 4.30. The van der Waals surface area contributed by atoms with E-state index in [2.05, 4.69) is 12.0 Å². The van der Waals surface area contributed by atoms with E-state index in [-0.39, 0.29) is 12.5 Å². The number of hydrogen-bond donors (Lipinski definition) is 0. The Morgan fingerprint density at radius 3 is 2.79 bits per heavy atom. The van der Waals surface area contributed by atoms with Crippen molar-refractivity contribution in [2.75, 3.05) is 18.1 Å². The van der Waals surface area contributed by atoms with Gasteiger partial charge in [-0.2, -0.15) is 5.10 Å². The Balaban J connectivity index is 1.64. The normalized spacial score (nSPS) is 16.7. The first-order chi connectivity index (χ1) is 13.4. The summed E-state index contributed by atoms with van der Waals surface area (Å²) in [4.78, 5) is 27.6. The predicted octanol–water partition coefficient (Wildman–Crippen LogP) is 3.51. The summed E-state index contributed by atoms with van der Waals surface area (Å²) in [5, 5.41) is 4.74. The third-order valence-corrected chi connectivity index (χ3v) is 6.07. The number of aryl methyl sites for hydroxylation is 2. The lowest BCUT2D eigenvalue weighted by Gasteiger charge is -2.22. The summed E-state index contributed by atoms with van der Waals surface area (Å²) in [5.41, 5.74) is 3.58. The molecule has 6 nitrogen and oxygen atoms in total. The standard InChI is InChI=1S/C21H25N3O3S/c1-14-11-12-24(18-7-5-6-8-19(18)28-14)20(25)13-27-21(26)10-9-17-15(2)22-23(4)16(17)3/h5-10,14H,11-13H2,1-4H3/b10-9+/t14-/m1/s1. The second kappa shape index (κ2) is 8.65. The second-order valence-electron chi connectivity index (χ2n) is 6.88. The molecule has 3 rings (SSSR count). The number of carbonyl (C=O) groups excluding carboxylic acids is 2. The van der Waals surface area contributed by atoms with Crippen molar-refractivity contribution in [3.8, 4) is 0 Å². The molecular weight excluding hydrogens is 374 g/mol. The highest BCUT2D eigenvalue weighted by Gasteiger charge is 2.24. The third kappa shape index (κ3) is 4.47. The number of para-hydroxylation sites is 1. The monoisotopic (exact) mass is 399 g/mol. The van der Waals surface area contributed by atoms with Crippen LogP contribution in [-0.4, -0.2) is 40.1 Å². The Morgan fingerprint density at radius 2 is 2.07 bits per heavy atom. The molecule has 28 heavy (non-hydrogen) atoms. The smallest absolute Gasteiger partial charge is 0.331 e. The van der Waals surface area contributed by atoms with Crippen LogP contribution in [0.5, 0.6) is 0 Å². The van der Waals surface area contributed by atoms with Gasteiger partial charge in [-0.15, -0.1) is 11.8 Å². The lowest BCUT2D eigenvalue weighted by molar-refractivity contribution is -0.142. The van der Waals surface area contributed by atoms with Crippen molar-refractivity contribution in [2.45, 2.75) is 37.3 Å². The number of carbonyl (C=O) groups is 2. The highest BCUT2D eigenvalue weighted by molar-refractivity contribution is 8.00. The number of amides is 1. The number of ether oxygens (including phenoxy) is 1. The zero-order valence-electron chi connectivity index (χ0n) is 16.6. The number of fused-ring (bicyclic) bond motifs is 1. The number of rotatable bonds is 4. The van der Waals surface area contributed by atoms with Gasteiger partial charge in [0.05, 0.1) is 11.4 Å². The van der Waals surface area contributed by atoms with Crippen LogP contribution >= 0.6 is 11.8 Å². The second-order valence-corrected chi connectivity index (χ2v) is 8.36. The summed E-state index contributed by atoms with van der Waals surface area (Å²) in [7, 11) is 1.86. The molecule has 0 radical (unpaired) electrons. The van der Waals surface area contributed by atoms with Crippen LogP contribution in [0.1, 0.15) is 30.3 Å². The number of benzene rings is 1. The van der Waals surface area contributed by atoms with E-state index in [4.69, 9.17) is 4.74 Å². The van der Waals surface area contributed by atoms with Gasteiger partial charge >= 0.3 is 5.97 Å². The van der Waals surface area contributed by atoms with Crippen LogP contribution in [0.4, 0.5) is 5.69 Å². The fourth-order valence-electron chi connectivity index (χ4n) is 3.19. The minimum Gasteiger partial charge on any atom is -0.452 e. The van der Waals surface area contributed by atoms with Crippen LogP contribution in [0.2, 0.25) is 0 Å². The van der Waals surface area contributed by atoms with Gasteiger partial charge in [-0.1, -0.05) is 19.1 Å². The van der Waals surface area contributed by atoms with Crippen molar-refractivity contribution >= 4 is 35.4 Å². The zero-order valence-corrected chi connectivity index (χ0v) is 17.5. The average Bonchev–Trinajstić information content (AvgIpc) is 2.81. The van der Waals surface area contributed by atoms with E-state index < -0.39 is 5.97 Å². The van der Waals surface area contributed by atoms with Crippen LogP contribution in [-0.2, 0) is 21.4 Å². The lowest BCUT2D eigenvalue weighted by Crippen LogP contribution is -2.35. The molecule has 0 saturated carbocycles. The average molecular weight is 400 g/mol. The molecule has 148 valence electrons. The zero-order chi connectivity index (χ0) is 20.3. The number of aromatic nitrogens is 2. The van der Waals surface area contributed by atoms with E-state index in [1.54, 1.807) is 27.4 Å². The summed E-state index contributed by atoms with van der Waals surface area (Å²) in [5.74, 6) is -0.750. The molecule has 0 unspecified atom stereocenters. The first-order valence-corrected chi connectivity index (χ1v) is 10.2. The number of anilines is 1. The van der Waals surface area contributed by atoms with Gasteiger partial charge in [0.1, 0.15) is 0 Å². The van der Waals surface area contributed by atoms with Gasteiger partial charge in [-0.25, -0.2) is 4.79 Å². The highest BCUT2D eigenvalue weighted by atomic mass is 32.2. The molecule has 1 atom stereocenters. The number of hydrogen-bond acceptors (Lipinski definition) is 5. The quantitative estimate of drug-likeness (QED) is 0.581. The van der Waals surface area contributed by atoms with E-state index in [0.717, 1.165) is 34.0 Å². The topological polar surface area (TPSA) is 64.4 Å². The number of esters is 1. The molecule has 7 heteroatoms. The van der Waals surface area contributed by atoms with E-state index in [9.17, 15) is 9.59 Å². The molecule has 1 aromatic carbocycles. The SMILES string of the molecule is Cc1nn(C)c(C)c1/C=C/C(=O)OCC(=O)N1CC[C@@H](C)Sc2ccccc21. The van der Waals surface area contributed by atoms with Crippen LogP contribution in [0, 0.1) is 13.8 Å². The maximum atomic E-state index is 12.7. The van der Waals surface area contributed by atoms with Gasteiger partial charge in [0, 0.05) is 41.1 Å². The molecule has 1 aliphatic rings. The van der Waals surface area contributed by atoms with E-state index >= 15 is 0 Å². The minimum atomic E-state index is -0.540. The third-order valence-electron chi connectivity index (χ3n) is 4.83. The molecule has 0 bridgehead atoms. The largest absolute Gasteiger partial charge is 0.452 e. The highest BCUT2D eigenvalue weighted by Crippen LogP contribution is 2.37. The molecule has 2 aromatic rings. The molecule has 1 amide bonds. The molecular formula is C21H25N3O3S.